The molecule has 0 spiro atoms. The van der Waals surface area contributed by atoms with E-state index in [1.54, 1.807) is 51.9 Å². The number of likely N-dealkylation sites (tertiary alicyclic amines) is 2. The van der Waals surface area contributed by atoms with Gasteiger partial charge in [0, 0.05) is 24.2 Å². The van der Waals surface area contributed by atoms with Crippen molar-refractivity contribution in [3.8, 4) is 0 Å². The molecule has 16 unspecified atom stereocenters. The summed E-state index contributed by atoms with van der Waals surface area (Å²) < 4.78 is 0. The topological polar surface area (TPSA) is 6.48 Å². The summed E-state index contributed by atoms with van der Waals surface area (Å²) in [5, 5.41) is 0. The minimum atomic E-state index is -0.826. The van der Waals surface area contributed by atoms with E-state index in [9.17, 15) is 0 Å². The SMILES string of the molecule is CC1CCC2C(C1)C1C3CCCCC3C(CC3C4CCCCC4C4C5CC(C)CCC5N(C)C34)C1N2C.[CH2-]C.[CH3-].[Cl][Zr+2][Cl]. The van der Waals surface area contributed by atoms with Crippen molar-refractivity contribution in [2.24, 2.45) is 71.0 Å². The predicted octanol–water partition coefficient (Wildman–Crippen LogP) is 10.4. The number of hydrogen-bond donors (Lipinski definition) is 0. The van der Waals surface area contributed by atoms with Gasteiger partial charge in [-0.05, 0) is 156 Å². The quantitative estimate of drug-likeness (QED) is 0.263. The standard InChI is InChI=1S/C35H58N2.C2H5.CH3.2ClH.Zr/c1-20-13-15-30-28(17-20)32-24-11-7-5-9-22(24)26(34(32)36(30)3)19-27-23-10-6-8-12-25(23)33-29-18-21(2)14-16-31(29)37(4)35(27)33;1-2;;;;/h20-35H,5-19H2,1-4H3;1H2,2H3;1H3;2*1H;/q;2*-1;;;+4/p-2. The monoisotopic (exact) mass is 710 g/mol. The van der Waals surface area contributed by atoms with E-state index in [1.165, 1.54) is 51.4 Å². The first-order chi connectivity index (χ1) is 20.4. The zero-order valence-corrected chi connectivity index (χ0v) is 32.7. The van der Waals surface area contributed by atoms with Gasteiger partial charge in [0.1, 0.15) is 0 Å². The first-order valence-electron chi connectivity index (χ1n) is 18.5. The molecule has 0 N–H and O–H groups in total. The van der Waals surface area contributed by atoms with Crippen molar-refractivity contribution in [2.45, 2.75) is 141 Å². The Balaban J connectivity index is 0.000000580. The summed E-state index contributed by atoms with van der Waals surface area (Å²) in [7, 11) is 15.1. The number of rotatable bonds is 2. The molecule has 8 aliphatic rings. The van der Waals surface area contributed by atoms with Crippen LogP contribution < -0.4 is 0 Å². The Morgan fingerprint density at radius 2 is 0.930 bits per heavy atom. The van der Waals surface area contributed by atoms with E-state index in [-0.39, 0.29) is 7.43 Å². The van der Waals surface area contributed by atoms with Gasteiger partial charge in [-0.15, -0.1) is 0 Å². The number of hydrogen-bond acceptors (Lipinski definition) is 2. The molecule has 16 atom stereocenters. The Hall–Kier alpha value is 1.38. The predicted molar refractivity (Wildman–Crippen MR) is 182 cm³/mol. The number of fused-ring (bicyclic) bond motifs is 10. The van der Waals surface area contributed by atoms with Gasteiger partial charge in [0.2, 0.25) is 0 Å². The van der Waals surface area contributed by atoms with Gasteiger partial charge >= 0.3 is 37.9 Å². The van der Waals surface area contributed by atoms with Crippen molar-refractivity contribution >= 4 is 17.0 Å². The Kier molecular flexibility index (Phi) is 12.7. The molecule has 8 rings (SSSR count). The van der Waals surface area contributed by atoms with E-state index in [0.717, 1.165) is 95.2 Å². The average molecular weight is 713 g/mol. The molecule has 5 heteroatoms. The van der Waals surface area contributed by atoms with Crippen LogP contribution in [-0.4, -0.2) is 48.1 Å². The fraction of sp³-hybridized carbons (Fsp3) is 0.947. The van der Waals surface area contributed by atoms with Crippen molar-refractivity contribution in [1.82, 2.24) is 9.80 Å². The second-order valence-electron chi connectivity index (χ2n) is 16.6. The van der Waals surface area contributed by atoms with Crippen LogP contribution in [-0.2, 0) is 20.8 Å². The van der Waals surface area contributed by atoms with E-state index in [2.05, 4.69) is 44.7 Å². The van der Waals surface area contributed by atoms with Gasteiger partial charge < -0.3 is 14.4 Å². The van der Waals surface area contributed by atoms with Crippen molar-refractivity contribution in [3.63, 3.8) is 0 Å². The second-order valence-corrected chi connectivity index (χ2v) is 20.4. The Bertz CT molecular complexity index is 820. The van der Waals surface area contributed by atoms with Crippen LogP contribution in [0, 0.1) is 85.4 Å². The van der Waals surface area contributed by atoms with Crippen LogP contribution in [0.1, 0.15) is 117 Å². The van der Waals surface area contributed by atoms with Crippen LogP contribution in [0.5, 0.6) is 0 Å². The first kappa shape index (κ1) is 35.7. The van der Waals surface area contributed by atoms with Crippen LogP contribution in [0.2, 0.25) is 0 Å². The number of halogens is 2. The molecule has 2 aliphatic heterocycles. The summed E-state index contributed by atoms with van der Waals surface area (Å²) in [6, 6.07) is 3.72. The summed E-state index contributed by atoms with van der Waals surface area (Å²) in [6.45, 7) is 10.2. The average Bonchev–Trinajstić information content (AvgIpc) is 3.68. The van der Waals surface area contributed by atoms with Crippen molar-refractivity contribution in [1.29, 1.82) is 0 Å². The number of nitrogens with zero attached hydrogens (tertiary/aromatic N) is 2. The van der Waals surface area contributed by atoms with E-state index >= 15 is 0 Å². The fourth-order valence-electron chi connectivity index (χ4n) is 14.3. The molecular weight excluding hydrogens is 647 g/mol. The van der Waals surface area contributed by atoms with E-state index < -0.39 is 20.8 Å². The molecule has 43 heavy (non-hydrogen) atoms. The van der Waals surface area contributed by atoms with Gasteiger partial charge in [-0.3, -0.25) is 9.80 Å². The molecule has 0 aromatic heterocycles. The molecule has 0 aromatic rings. The molecule has 0 radical (unpaired) electrons. The summed E-state index contributed by atoms with van der Waals surface area (Å²) in [4.78, 5) is 6.10. The van der Waals surface area contributed by atoms with Gasteiger partial charge in [0.15, 0.2) is 0 Å². The van der Waals surface area contributed by atoms with Gasteiger partial charge in [-0.25, -0.2) is 0 Å². The Morgan fingerprint density at radius 3 is 1.30 bits per heavy atom. The van der Waals surface area contributed by atoms with Gasteiger partial charge in [-0.1, -0.05) is 39.5 Å². The van der Waals surface area contributed by atoms with E-state index in [4.69, 9.17) is 17.0 Å². The minimum absolute atomic E-state index is 0. The molecule has 0 aromatic carbocycles. The third kappa shape index (κ3) is 6.21. The summed E-state index contributed by atoms with van der Waals surface area (Å²) in [5.41, 5.74) is 0. The molecular formula is C38H66Cl2N2Zr. The summed E-state index contributed by atoms with van der Waals surface area (Å²) in [6.07, 6.45) is 23.2. The third-order valence-corrected chi connectivity index (χ3v) is 15.3. The Labute approximate surface area is 286 Å². The zero-order valence-electron chi connectivity index (χ0n) is 28.7. The molecule has 0 amide bonds. The molecule has 2 nitrogen and oxygen atoms in total. The fourth-order valence-corrected chi connectivity index (χ4v) is 14.3. The third-order valence-electron chi connectivity index (χ3n) is 15.3. The van der Waals surface area contributed by atoms with Crippen molar-refractivity contribution in [2.75, 3.05) is 14.1 Å². The van der Waals surface area contributed by atoms with Gasteiger partial charge in [-0.2, -0.15) is 6.92 Å². The molecule has 246 valence electrons. The van der Waals surface area contributed by atoms with E-state index in [0.29, 0.717) is 0 Å². The molecule has 6 saturated carbocycles. The Morgan fingerprint density at radius 1 is 0.581 bits per heavy atom. The first-order valence-corrected chi connectivity index (χ1v) is 24.9. The van der Waals surface area contributed by atoms with Crippen LogP contribution in [0.25, 0.3) is 0 Å². The van der Waals surface area contributed by atoms with Crippen molar-refractivity contribution in [3.05, 3.63) is 14.4 Å². The zero-order chi connectivity index (χ0) is 29.7. The van der Waals surface area contributed by atoms with Gasteiger partial charge in [0.25, 0.3) is 0 Å². The summed E-state index contributed by atoms with van der Waals surface area (Å²) in [5.74, 6) is 12.5. The molecule has 2 heterocycles. The van der Waals surface area contributed by atoms with Crippen LogP contribution in [0.3, 0.4) is 0 Å². The second kappa shape index (κ2) is 15.3. The van der Waals surface area contributed by atoms with E-state index in [1.807, 2.05) is 0 Å². The van der Waals surface area contributed by atoms with Crippen LogP contribution in [0.15, 0.2) is 0 Å². The molecule has 0 bridgehead atoms. The van der Waals surface area contributed by atoms with Crippen LogP contribution in [0.4, 0.5) is 0 Å². The van der Waals surface area contributed by atoms with Crippen molar-refractivity contribution < 1.29 is 20.8 Å². The molecule has 6 aliphatic carbocycles. The normalized spacial score (nSPS) is 51.4. The van der Waals surface area contributed by atoms with Gasteiger partial charge in [0.05, 0.1) is 0 Å². The maximum absolute atomic E-state index is 4.93. The van der Waals surface area contributed by atoms with Crippen LogP contribution >= 0.6 is 17.0 Å². The summed E-state index contributed by atoms with van der Waals surface area (Å²) >= 11 is -0.826. The molecule has 8 fully saturated rings. The molecule has 2 saturated heterocycles. The maximum atomic E-state index is 4.93.